The van der Waals surface area contributed by atoms with Crippen LogP contribution >= 0.6 is 0 Å². The van der Waals surface area contributed by atoms with Crippen molar-refractivity contribution in [2.24, 2.45) is 5.73 Å². The maximum absolute atomic E-state index is 11.7. The van der Waals surface area contributed by atoms with Crippen LogP contribution in [0.4, 0.5) is 0 Å². The first kappa shape index (κ1) is 10.3. The molecule has 3 N–H and O–H groups in total. The Morgan fingerprint density at radius 3 is 3.00 bits per heavy atom. The lowest BCUT2D eigenvalue weighted by Gasteiger charge is -2.25. The Labute approximate surface area is 96.9 Å². The van der Waals surface area contributed by atoms with Gasteiger partial charge in [-0.1, -0.05) is 12.1 Å². The SMILES string of the molecule is NCC1CCn2c(=O)[nH]c(=O)c3cccc1c32. The predicted octanol–water partition coefficient (Wildman–Crippen LogP) is 0.136. The van der Waals surface area contributed by atoms with Crippen LogP contribution in [0.15, 0.2) is 27.8 Å². The molecule has 0 bridgehead atoms. The molecule has 5 nitrogen and oxygen atoms in total. The van der Waals surface area contributed by atoms with Crippen molar-refractivity contribution in [1.82, 2.24) is 9.55 Å². The summed E-state index contributed by atoms with van der Waals surface area (Å²) in [6.07, 6.45) is 0.842. The summed E-state index contributed by atoms with van der Waals surface area (Å²) in [6.45, 7) is 1.16. The summed E-state index contributed by atoms with van der Waals surface area (Å²) >= 11 is 0. The normalized spacial score (nSPS) is 18.5. The molecular formula is C12H13N3O2. The molecule has 0 saturated carbocycles. The van der Waals surface area contributed by atoms with Crippen molar-refractivity contribution >= 4 is 10.9 Å². The van der Waals surface area contributed by atoms with Crippen molar-refractivity contribution in [3.63, 3.8) is 0 Å². The number of nitrogens with one attached hydrogen (secondary N) is 1. The van der Waals surface area contributed by atoms with Gasteiger partial charge in [0.15, 0.2) is 0 Å². The largest absolute Gasteiger partial charge is 0.330 e. The van der Waals surface area contributed by atoms with Crippen LogP contribution in [0.5, 0.6) is 0 Å². The summed E-state index contributed by atoms with van der Waals surface area (Å²) in [5.41, 5.74) is 6.86. The van der Waals surface area contributed by atoms with E-state index in [4.69, 9.17) is 5.73 Å². The highest BCUT2D eigenvalue weighted by Crippen LogP contribution is 2.29. The Hall–Kier alpha value is -1.88. The Balaban J connectivity index is 2.52. The number of aryl methyl sites for hydroxylation is 1. The van der Waals surface area contributed by atoms with E-state index in [1.54, 1.807) is 10.6 Å². The summed E-state index contributed by atoms with van der Waals surface area (Å²) in [5.74, 6) is 0.236. The molecular weight excluding hydrogens is 218 g/mol. The van der Waals surface area contributed by atoms with Crippen LogP contribution in [-0.2, 0) is 6.54 Å². The van der Waals surface area contributed by atoms with Crippen molar-refractivity contribution in [2.75, 3.05) is 6.54 Å². The summed E-state index contributed by atoms with van der Waals surface area (Å²) in [7, 11) is 0. The number of rotatable bonds is 1. The Kier molecular flexibility index (Phi) is 2.16. The standard InChI is InChI=1S/C12H13N3O2/c13-6-7-4-5-15-10-8(7)2-1-3-9(10)11(16)14-12(15)17/h1-3,7H,4-6,13H2,(H,14,16,17). The van der Waals surface area contributed by atoms with Gasteiger partial charge in [-0.3, -0.25) is 14.3 Å². The number of para-hydroxylation sites is 1. The lowest BCUT2D eigenvalue weighted by atomic mass is 9.91. The van der Waals surface area contributed by atoms with Crippen LogP contribution in [0, 0.1) is 0 Å². The number of nitrogens with two attached hydrogens (primary N) is 1. The number of hydrogen-bond donors (Lipinski definition) is 2. The van der Waals surface area contributed by atoms with Gasteiger partial charge in [-0.05, 0) is 30.5 Å². The van der Waals surface area contributed by atoms with Gasteiger partial charge >= 0.3 is 5.69 Å². The molecule has 0 radical (unpaired) electrons. The number of aromatic amines is 1. The topological polar surface area (TPSA) is 80.9 Å². The molecule has 0 amide bonds. The smallest absolute Gasteiger partial charge is 0.328 e. The van der Waals surface area contributed by atoms with Gasteiger partial charge in [-0.2, -0.15) is 0 Å². The van der Waals surface area contributed by atoms with E-state index in [0.29, 0.717) is 18.5 Å². The molecule has 5 heteroatoms. The molecule has 1 atom stereocenters. The minimum absolute atomic E-state index is 0.236. The van der Waals surface area contributed by atoms with Crippen molar-refractivity contribution in [3.8, 4) is 0 Å². The lowest BCUT2D eigenvalue weighted by molar-refractivity contribution is 0.521. The van der Waals surface area contributed by atoms with Gasteiger partial charge in [-0.15, -0.1) is 0 Å². The Bertz CT molecular complexity index is 699. The summed E-state index contributed by atoms with van der Waals surface area (Å²) in [4.78, 5) is 25.8. The van der Waals surface area contributed by atoms with Crippen LogP contribution in [-0.4, -0.2) is 16.1 Å². The minimum Gasteiger partial charge on any atom is -0.330 e. The van der Waals surface area contributed by atoms with Crippen molar-refractivity contribution in [3.05, 3.63) is 44.6 Å². The van der Waals surface area contributed by atoms with Crippen LogP contribution in [0.3, 0.4) is 0 Å². The fourth-order valence-electron chi connectivity index (χ4n) is 2.61. The second-order valence-electron chi connectivity index (χ2n) is 4.38. The highest BCUT2D eigenvalue weighted by Gasteiger charge is 2.22. The second-order valence-corrected chi connectivity index (χ2v) is 4.38. The van der Waals surface area contributed by atoms with E-state index in [-0.39, 0.29) is 17.2 Å². The molecule has 1 aliphatic rings. The zero-order valence-electron chi connectivity index (χ0n) is 9.27. The van der Waals surface area contributed by atoms with Crippen LogP contribution in [0.25, 0.3) is 10.9 Å². The monoisotopic (exact) mass is 231 g/mol. The van der Waals surface area contributed by atoms with E-state index in [9.17, 15) is 9.59 Å². The third-order valence-electron chi connectivity index (χ3n) is 3.47. The number of nitrogens with zero attached hydrogens (tertiary/aromatic N) is 1. The average molecular weight is 231 g/mol. The molecule has 0 saturated heterocycles. The zero-order chi connectivity index (χ0) is 12.0. The number of aromatic nitrogens is 2. The van der Waals surface area contributed by atoms with Crippen molar-refractivity contribution in [1.29, 1.82) is 0 Å². The molecule has 0 fully saturated rings. The molecule has 88 valence electrons. The van der Waals surface area contributed by atoms with E-state index >= 15 is 0 Å². The lowest BCUT2D eigenvalue weighted by Crippen LogP contribution is -2.34. The van der Waals surface area contributed by atoms with Gasteiger partial charge < -0.3 is 5.73 Å². The van der Waals surface area contributed by atoms with Crippen molar-refractivity contribution < 1.29 is 0 Å². The predicted molar refractivity (Wildman–Crippen MR) is 65.2 cm³/mol. The highest BCUT2D eigenvalue weighted by molar-refractivity contribution is 5.82. The van der Waals surface area contributed by atoms with Crippen LogP contribution < -0.4 is 17.0 Å². The molecule has 1 aliphatic heterocycles. The molecule has 1 aromatic carbocycles. The van der Waals surface area contributed by atoms with E-state index < -0.39 is 0 Å². The van der Waals surface area contributed by atoms with Gasteiger partial charge in [0, 0.05) is 6.54 Å². The van der Waals surface area contributed by atoms with E-state index in [1.807, 2.05) is 12.1 Å². The molecule has 1 aromatic heterocycles. The fourth-order valence-corrected chi connectivity index (χ4v) is 2.61. The Morgan fingerprint density at radius 2 is 2.24 bits per heavy atom. The third kappa shape index (κ3) is 1.36. The molecule has 2 aromatic rings. The fraction of sp³-hybridized carbons (Fsp3) is 0.333. The van der Waals surface area contributed by atoms with Gasteiger partial charge in [0.05, 0.1) is 10.9 Å². The number of hydrogen-bond acceptors (Lipinski definition) is 3. The number of benzene rings is 1. The van der Waals surface area contributed by atoms with Gasteiger partial charge in [0.2, 0.25) is 0 Å². The zero-order valence-corrected chi connectivity index (χ0v) is 9.27. The van der Waals surface area contributed by atoms with E-state index in [2.05, 4.69) is 4.98 Å². The maximum atomic E-state index is 11.7. The number of H-pyrrole nitrogens is 1. The average Bonchev–Trinajstić information content (AvgIpc) is 2.35. The first-order valence-corrected chi connectivity index (χ1v) is 5.68. The van der Waals surface area contributed by atoms with E-state index in [1.165, 1.54) is 0 Å². The maximum Gasteiger partial charge on any atom is 0.328 e. The third-order valence-corrected chi connectivity index (χ3v) is 3.47. The molecule has 0 aliphatic carbocycles. The first-order valence-electron chi connectivity index (χ1n) is 5.68. The van der Waals surface area contributed by atoms with Crippen LogP contribution in [0.1, 0.15) is 17.9 Å². The molecule has 2 heterocycles. The van der Waals surface area contributed by atoms with Crippen molar-refractivity contribution in [2.45, 2.75) is 18.9 Å². The quantitative estimate of drug-likeness (QED) is 0.732. The van der Waals surface area contributed by atoms with Gasteiger partial charge in [0.1, 0.15) is 0 Å². The molecule has 0 spiro atoms. The summed E-state index contributed by atoms with van der Waals surface area (Å²) in [5, 5.41) is 0.570. The van der Waals surface area contributed by atoms with Gasteiger partial charge in [0.25, 0.3) is 5.56 Å². The highest BCUT2D eigenvalue weighted by atomic mass is 16.2. The van der Waals surface area contributed by atoms with Gasteiger partial charge in [-0.25, -0.2) is 4.79 Å². The van der Waals surface area contributed by atoms with Crippen LogP contribution in [0.2, 0.25) is 0 Å². The first-order chi connectivity index (χ1) is 8.22. The minimum atomic E-state index is -0.328. The summed E-state index contributed by atoms with van der Waals surface area (Å²) in [6, 6.07) is 5.54. The molecule has 3 rings (SSSR count). The second kappa shape index (κ2) is 3.56. The summed E-state index contributed by atoms with van der Waals surface area (Å²) < 4.78 is 1.64. The Morgan fingerprint density at radius 1 is 1.41 bits per heavy atom. The van der Waals surface area contributed by atoms with E-state index in [0.717, 1.165) is 17.5 Å². The molecule has 1 unspecified atom stereocenters. The molecule has 17 heavy (non-hydrogen) atoms.